The van der Waals surface area contributed by atoms with Gasteiger partial charge in [0.05, 0.1) is 12.0 Å². The molecular formula is C29H31Cl2N3O6. The molecule has 0 saturated heterocycles. The Morgan fingerprint density at radius 2 is 1.75 bits per heavy atom. The molecule has 0 fully saturated rings. The van der Waals surface area contributed by atoms with Crippen molar-refractivity contribution in [2.24, 2.45) is 0 Å². The van der Waals surface area contributed by atoms with Crippen molar-refractivity contribution in [2.75, 3.05) is 13.7 Å². The van der Waals surface area contributed by atoms with Gasteiger partial charge in [-0.2, -0.15) is 0 Å². The summed E-state index contributed by atoms with van der Waals surface area (Å²) in [5.41, 5.74) is 0.669. The second-order valence-electron chi connectivity index (χ2n) is 10.1. The minimum atomic E-state index is -0.907. The Morgan fingerprint density at radius 1 is 1.05 bits per heavy atom. The van der Waals surface area contributed by atoms with Crippen LogP contribution < -0.4 is 14.8 Å². The van der Waals surface area contributed by atoms with Crippen molar-refractivity contribution in [3.8, 4) is 11.5 Å². The van der Waals surface area contributed by atoms with E-state index in [2.05, 4.69) is 5.32 Å². The number of nitro groups is 1. The number of nitrogens with zero attached hydrogens (tertiary/aromatic N) is 2. The van der Waals surface area contributed by atoms with E-state index in [4.69, 9.17) is 32.7 Å². The third kappa shape index (κ3) is 8.59. The van der Waals surface area contributed by atoms with E-state index in [-0.39, 0.29) is 36.1 Å². The van der Waals surface area contributed by atoms with E-state index >= 15 is 0 Å². The number of benzene rings is 3. The Labute approximate surface area is 243 Å². The zero-order chi connectivity index (χ0) is 29.4. The summed E-state index contributed by atoms with van der Waals surface area (Å²) in [7, 11) is 1.30. The Bertz CT molecular complexity index is 1360. The third-order valence-corrected chi connectivity index (χ3v) is 6.42. The van der Waals surface area contributed by atoms with Gasteiger partial charge in [-0.15, -0.1) is 0 Å². The molecule has 0 spiro atoms. The Balaban J connectivity index is 1.96. The number of carbonyl (C=O) groups is 2. The van der Waals surface area contributed by atoms with E-state index in [0.717, 1.165) is 5.56 Å². The lowest BCUT2D eigenvalue weighted by Crippen LogP contribution is -2.55. The number of hydrogen-bond acceptors (Lipinski definition) is 6. The predicted octanol–water partition coefficient (Wildman–Crippen LogP) is 5.84. The molecule has 212 valence electrons. The number of halogens is 2. The summed E-state index contributed by atoms with van der Waals surface area (Å²) in [6.45, 7) is 5.14. The molecular weight excluding hydrogens is 557 g/mol. The Hall–Kier alpha value is -3.82. The monoisotopic (exact) mass is 587 g/mol. The largest absolute Gasteiger partial charge is 0.490 e. The fourth-order valence-electron chi connectivity index (χ4n) is 3.97. The molecule has 11 heteroatoms. The van der Waals surface area contributed by atoms with Crippen molar-refractivity contribution in [1.82, 2.24) is 10.2 Å². The number of nitro benzene ring substituents is 1. The molecule has 0 aliphatic carbocycles. The first kappa shape index (κ1) is 30.7. The average Bonchev–Trinajstić information content (AvgIpc) is 2.89. The van der Waals surface area contributed by atoms with Gasteiger partial charge in [0.15, 0.2) is 6.61 Å². The lowest BCUT2D eigenvalue weighted by molar-refractivity contribution is -0.385. The quantitative estimate of drug-likeness (QED) is 0.223. The van der Waals surface area contributed by atoms with Gasteiger partial charge < -0.3 is 19.7 Å². The summed E-state index contributed by atoms with van der Waals surface area (Å²) in [4.78, 5) is 39.4. The van der Waals surface area contributed by atoms with Crippen LogP contribution in [0.5, 0.6) is 11.5 Å². The molecule has 3 aromatic rings. The number of rotatable bonds is 11. The highest BCUT2D eigenvalue weighted by Crippen LogP contribution is 2.31. The SMILES string of the molecule is COc1cc(OCC(=O)N(Cc2ccc(Cl)cc2Cl)C(Cc2ccccc2)C(=O)NC(C)(C)C)ccc1[N+](=O)[O-]. The van der Waals surface area contributed by atoms with Crippen LogP contribution in [0.25, 0.3) is 0 Å². The molecule has 40 heavy (non-hydrogen) atoms. The molecule has 1 atom stereocenters. The molecule has 0 bridgehead atoms. The lowest BCUT2D eigenvalue weighted by Gasteiger charge is -2.34. The summed E-state index contributed by atoms with van der Waals surface area (Å²) in [6, 6.07) is 17.3. The summed E-state index contributed by atoms with van der Waals surface area (Å²) < 4.78 is 10.8. The van der Waals surface area contributed by atoms with Gasteiger partial charge in [0.2, 0.25) is 11.7 Å². The van der Waals surface area contributed by atoms with Gasteiger partial charge in [-0.3, -0.25) is 19.7 Å². The van der Waals surface area contributed by atoms with Crippen LogP contribution in [0.2, 0.25) is 10.0 Å². The van der Waals surface area contributed by atoms with Crippen LogP contribution in [0, 0.1) is 10.1 Å². The maximum atomic E-state index is 13.7. The van der Waals surface area contributed by atoms with Crippen LogP contribution >= 0.6 is 23.2 Å². The molecule has 9 nitrogen and oxygen atoms in total. The van der Waals surface area contributed by atoms with Crippen LogP contribution in [-0.4, -0.2) is 46.9 Å². The topological polar surface area (TPSA) is 111 Å². The van der Waals surface area contributed by atoms with Crippen molar-refractivity contribution in [3.63, 3.8) is 0 Å². The van der Waals surface area contributed by atoms with Crippen molar-refractivity contribution in [3.05, 3.63) is 98.0 Å². The maximum absolute atomic E-state index is 13.7. The molecule has 0 radical (unpaired) electrons. The molecule has 3 rings (SSSR count). The second-order valence-corrected chi connectivity index (χ2v) is 10.9. The van der Waals surface area contributed by atoms with E-state index in [0.29, 0.717) is 15.6 Å². The molecule has 3 aromatic carbocycles. The molecule has 0 aromatic heterocycles. The molecule has 1 N–H and O–H groups in total. The van der Waals surface area contributed by atoms with Crippen molar-refractivity contribution in [1.29, 1.82) is 0 Å². The highest BCUT2D eigenvalue weighted by atomic mass is 35.5. The lowest BCUT2D eigenvalue weighted by atomic mass is 10.0. The van der Waals surface area contributed by atoms with E-state index in [1.165, 1.54) is 30.2 Å². The molecule has 0 heterocycles. The highest BCUT2D eigenvalue weighted by Gasteiger charge is 2.33. The summed E-state index contributed by atoms with van der Waals surface area (Å²) in [5, 5.41) is 15.0. The van der Waals surface area contributed by atoms with Crippen LogP contribution in [0.3, 0.4) is 0 Å². The fraction of sp³-hybridized carbons (Fsp3) is 0.310. The van der Waals surface area contributed by atoms with Gasteiger partial charge in [-0.05, 0) is 50.1 Å². The number of methoxy groups -OCH3 is 1. The van der Waals surface area contributed by atoms with E-state index < -0.39 is 29.0 Å². The van der Waals surface area contributed by atoms with Crippen LogP contribution in [0.4, 0.5) is 5.69 Å². The molecule has 1 unspecified atom stereocenters. The van der Waals surface area contributed by atoms with Crippen molar-refractivity contribution < 1.29 is 24.0 Å². The normalized spacial score (nSPS) is 11.8. The minimum Gasteiger partial charge on any atom is -0.490 e. The van der Waals surface area contributed by atoms with Gasteiger partial charge >= 0.3 is 5.69 Å². The first-order chi connectivity index (χ1) is 18.9. The maximum Gasteiger partial charge on any atom is 0.311 e. The van der Waals surface area contributed by atoms with Crippen LogP contribution in [0.1, 0.15) is 31.9 Å². The van der Waals surface area contributed by atoms with E-state index in [9.17, 15) is 19.7 Å². The molecule has 0 aliphatic heterocycles. The summed E-state index contributed by atoms with van der Waals surface area (Å²) >= 11 is 12.5. The average molecular weight is 588 g/mol. The predicted molar refractivity (Wildman–Crippen MR) is 154 cm³/mol. The number of hydrogen-bond donors (Lipinski definition) is 1. The van der Waals surface area contributed by atoms with Gasteiger partial charge in [0.25, 0.3) is 5.91 Å². The van der Waals surface area contributed by atoms with Crippen molar-refractivity contribution >= 4 is 40.7 Å². The first-order valence-corrected chi connectivity index (χ1v) is 13.2. The third-order valence-electron chi connectivity index (χ3n) is 5.84. The van der Waals surface area contributed by atoms with Gasteiger partial charge in [-0.25, -0.2) is 0 Å². The fourth-order valence-corrected chi connectivity index (χ4v) is 4.44. The van der Waals surface area contributed by atoms with Crippen LogP contribution in [-0.2, 0) is 22.6 Å². The molecule has 0 aliphatic rings. The van der Waals surface area contributed by atoms with Gasteiger partial charge in [0.1, 0.15) is 11.8 Å². The number of amides is 2. The van der Waals surface area contributed by atoms with Gasteiger partial charge in [0, 0.05) is 40.7 Å². The zero-order valence-corrected chi connectivity index (χ0v) is 24.2. The minimum absolute atomic E-state index is 0.00809. The summed E-state index contributed by atoms with van der Waals surface area (Å²) in [5.74, 6) is -0.648. The molecule has 0 saturated carbocycles. The van der Waals surface area contributed by atoms with Crippen LogP contribution in [0.15, 0.2) is 66.7 Å². The second kappa shape index (κ2) is 13.5. The zero-order valence-electron chi connectivity index (χ0n) is 22.6. The van der Waals surface area contributed by atoms with E-state index in [1.54, 1.807) is 18.2 Å². The van der Waals surface area contributed by atoms with Gasteiger partial charge in [-0.1, -0.05) is 59.6 Å². The van der Waals surface area contributed by atoms with E-state index in [1.807, 2.05) is 51.1 Å². The first-order valence-electron chi connectivity index (χ1n) is 12.4. The highest BCUT2D eigenvalue weighted by molar-refractivity contribution is 6.35. The Kier molecular flexibility index (Phi) is 10.4. The Morgan fingerprint density at radius 3 is 2.35 bits per heavy atom. The summed E-state index contributed by atoms with van der Waals surface area (Å²) in [6.07, 6.45) is 0.241. The standard InChI is InChI=1S/C29H31Cl2N3O6/c1-29(2,3)32-28(36)25(14-19-8-6-5-7-9-19)33(17-20-10-11-21(30)15-23(20)31)27(35)18-40-22-12-13-24(34(37)38)26(16-22)39-4/h5-13,15-16,25H,14,17-18H2,1-4H3,(H,32,36). The number of nitrogens with one attached hydrogen (secondary N) is 1. The van der Waals surface area contributed by atoms with Crippen molar-refractivity contribution in [2.45, 2.75) is 45.3 Å². The molecule has 2 amide bonds. The smallest absolute Gasteiger partial charge is 0.311 e. The number of carbonyl (C=O) groups excluding carboxylic acids is 2. The number of ether oxygens (including phenoxy) is 2.